The number of sulfone groups is 1. The minimum atomic E-state index is -3.55. The van der Waals surface area contributed by atoms with Crippen LogP contribution in [-0.4, -0.2) is 27.3 Å². The fraction of sp³-hybridized carbons (Fsp3) is 0.125. The van der Waals surface area contributed by atoms with Gasteiger partial charge >= 0.3 is 0 Å². The van der Waals surface area contributed by atoms with Gasteiger partial charge in [-0.3, -0.25) is 4.79 Å². The summed E-state index contributed by atoms with van der Waals surface area (Å²) in [6, 6.07) is 10.0. The summed E-state index contributed by atoms with van der Waals surface area (Å²) in [5.41, 5.74) is 1.75. The van der Waals surface area contributed by atoms with E-state index in [1.165, 1.54) is 0 Å². The van der Waals surface area contributed by atoms with Gasteiger partial charge in [-0.05, 0) is 43.0 Å². The number of rotatable bonds is 3. The lowest BCUT2D eigenvalue weighted by molar-refractivity contribution is 0.100. The zero-order valence-corrected chi connectivity index (χ0v) is 13.7. The van der Waals surface area contributed by atoms with E-state index in [2.05, 4.69) is 11.7 Å². The maximum atomic E-state index is 12.2. The van der Waals surface area contributed by atoms with Crippen LogP contribution in [0.1, 0.15) is 15.9 Å². The smallest absolute Gasteiger partial charge is 0.267 e. The van der Waals surface area contributed by atoms with Crippen LogP contribution < -0.4 is 0 Å². The van der Waals surface area contributed by atoms with Crippen molar-refractivity contribution in [3.05, 3.63) is 52.5 Å². The van der Waals surface area contributed by atoms with Gasteiger partial charge < -0.3 is 0 Å². The lowest BCUT2D eigenvalue weighted by atomic mass is 9.99. The van der Waals surface area contributed by atoms with Crippen LogP contribution in [0.4, 0.5) is 0 Å². The molecule has 4 nitrogen and oxygen atoms in total. The summed E-state index contributed by atoms with van der Waals surface area (Å²) in [7, 11) is -3.55. The maximum absolute atomic E-state index is 12.2. The molecule has 0 saturated heterocycles. The Hall–Kier alpha value is -1.98. The Morgan fingerprint density at radius 3 is 2.45 bits per heavy atom. The van der Waals surface area contributed by atoms with Gasteiger partial charge in [-0.2, -0.15) is 0 Å². The Morgan fingerprint density at radius 1 is 1.23 bits per heavy atom. The van der Waals surface area contributed by atoms with E-state index in [1.807, 2.05) is 0 Å². The quantitative estimate of drug-likeness (QED) is 0.806. The minimum Gasteiger partial charge on any atom is -0.267 e. The molecular weight excluding hydrogens is 322 g/mol. The van der Waals surface area contributed by atoms with Crippen LogP contribution in [0.3, 0.4) is 0 Å². The number of carbonyl (C=O) groups is 1. The normalized spacial score (nSPS) is 11.2. The van der Waals surface area contributed by atoms with E-state index < -0.39 is 15.7 Å². The predicted molar refractivity (Wildman–Crippen MR) is 88.6 cm³/mol. The average molecular weight is 336 g/mol. The van der Waals surface area contributed by atoms with Gasteiger partial charge in [0.15, 0.2) is 9.84 Å². The zero-order chi connectivity index (χ0) is 16.5. The third kappa shape index (κ3) is 3.10. The van der Waals surface area contributed by atoms with Gasteiger partial charge in [-0.25, -0.2) is 13.4 Å². The number of carbonyl (C=O) groups excluding carboxylic acids is 1. The summed E-state index contributed by atoms with van der Waals surface area (Å²) in [6.45, 7) is 4.78. The summed E-state index contributed by atoms with van der Waals surface area (Å²) in [5, 5.41) is 0.502. The standard InChI is InChI=1S/C16H14ClNO3S/c1-10-13(16(19)18-2)7-8-14(15(10)22(3,20)21)11-5-4-6-12(17)9-11/h4-9H,2H2,1,3H3. The van der Waals surface area contributed by atoms with Crippen molar-refractivity contribution in [3.63, 3.8) is 0 Å². The molecule has 0 saturated carbocycles. The summed E-state index contributed by atoms with van der Waals surface area (Å²) >= 11 is 5.98. The molecule has 2 aromatic carbocycles. The van der Waals surface area contributed by atoms with E-state index in [0.29, 0.717) is 21.7 Å². The molecule has 1 amide bonds. The SMILES string of the molecule is C=NC(=O)c1ccc(-c2cccc(Cl)c2)c(S(C)(=O)=O)c1C. The highest BCUT2D eigenvalue weighted by Crippen LogP contribution is 2.33. The van der Waals surface area contributed by atoms with E-state index >= 15 is 0 Å². The monoisotopic (exact) mass is 335 g/mol. The number of amides is 1. The van der Waals surface area contributed by atoms with Crippen molar-refractivity contribution >= 4 is 34.1 Å². The largest absolute Gasteiger partial charge is 0.276 e. The Labute approximate surface area is 134 Å². The Balaban J connectivity index is 2.84. The Morgan fingerprint density at radius 2 is 1.91 bits per heavy atom. The van der Waals surface area contributed by atoms with E-state index in [-0.39, 0.29) is 10.5 Å². The van der Waals surface area contributed by atoms with Crippen LogP contribution in [0.2, 0.25) is 5.02 Å². The molecule has 0 aromatic heterocycles. The first kappa shape index (κ1) is 16.4. The van der Waals surface area contributed by atoms with E-state index in [0.717, 1.165) is 6.26 Å². The predicted octanol–water partition coefficient (Wildman–Crippen LogP) is 3.56. The highest BCUT2D eigenvalue weighted by molar-refractivity contribution is 7.91. The lowest BCUT2D eigenvalue weighted by Crippen LogP contribution is -2.08. The Bertz CT molecular complexity index is 873. The highest BCUT2D eigenvalue weighted by Gasteiger charge is 2.22. The van der Waals surface area contributed by atoms with Gasteiger partial charge in [0.1, 0.15) is 0 Å². The number of hydrogen-bond acceptors (Lipinski definition) is 3. The van der Waals surface area contributed by atoms with Gasteiger partial charge in [0.05, 0.1) is 4.90 Å². The molecule has 0 atom stereocenters. The molecular formula is C16H14ClNO3S. The molecule has 22 heavy (non-hydrogen) atoms. The van der Waals surface area contributed by atoms with Crippen molar-refractivity contribution in [2.45, 2.75) is 11.8 Å². The number of benzene rings is 2. The Kier molecular flexibility index (Phi) is 4.49. The van der Waals surface area contributed by atoms with Gasteiger partial charge in [0.2, 0.25) is 0 Å². The summed E-state index contributed by atoms with van der Waals surface area (Å²) < 4.78 is 24.4. The molecule has 114 valence electrons. The number of hydrogen-bond donors (Lipinski definition) is 0. The second-order valence-electron chi connectivity index (χ2n) is 4.86. The van der Waals surface area contributed by atoms with Crippen LogP contribution in [0.15, 0.2) is 46.3 Å². The summed E-state index contributed by atoms with van der Waals surface area (Å²) in [6.07, 6.45) is 1.11. The van der Waals surface area contributed by atoms with Gasteiger partial charge in [-0.15, -0.1) is 0 Å². The fourth-order valence-electron chi connectivity index (χ4n) is 2.37. The summed E-state index contributed by atoms with van der Waals surface area (Å²) in [5.74, 6) is -0.556. The second kappa shape index (κ2) is 6.02. The molecule has 0 aliphatic carbocycles. The molecule has 0 unspecified atom stereocenters. The van der Waals surface area contributed by atoms with Crippen molar-refractivity contribution in [2.75, 3.05) is 6.26 Å². The maximum Gasteiger partial charge on any atom is 0.276 e. The molecule has 6 heteroatoms. The van der Waals surface area contributed by atoms with Gasteiger partial charge in [0.25, 0.3) is 5.91 Å². The molecule has 0 aliphatic rings. The number of aliphatic imine (C=N–C) groups is 1. The van der Waals surface area contributed by atoms with Crippen LogP contribution >= 0.6 is 11.6 Å². The molecule has 0 radical (unpaired) electrons. The molecule has 0 bridgehead atoms. The highest BCUT2D eigenvalue weighted by atomic mass is 35.5. The third-order valence-corrected chi connectivity index (χ3v) is 4.79. The first-order valence-electron chi connectivity index (χ1n) is 6.36. The van der Waals surface area contributed by atoms with Gasteiger partial charge in [0, 0.05) is 22.4 Å². The molecule has 0 fully saturated rings. The topological polar surface area (TPSA) is 63.6 Å². The van der Waals surface area contributed by atoms with E-state index in [9.17, 15) is 13.2 Å². The summed E-state index contributed by atoms with van der Waals surface area (Å²) in [4.78, 5) is 15.2. The fourth-order valence-corrected chi connectivity index (χ4v) is 3.81. The number of nitrogens with zero attached hydrogens (tertiary/aromatic N) is 1. The average Bonchev–Trinajstić information content (AvgIpc) is 2.44. The van der Waals surface area contributed by atoms with Crippen LogP contribution in [-0.2, 0) is 9.84 Å². The molecule has 0 spiro atoms. The third-order valence-electron chi connectivity index (χ3n) is 3.29. The molecule has 0 heterocycles. The molecule has 0 aliphatic heterocycles. The molecule has 0 N–H and O–H groups in total. The first-order chi connectivity index (χ1) is 10.3. The van der Waals surface area contributed by atoms with Crippen molar-refractivity contribution in [3.8, 4) is 11.1 Å². The minimum absolute atomic E-state index is 0.101. The van der Waals surface area contributed by atoms with Gasteiger partial charge in [-0.1, -0.05) is 29.8 Å². The van der Waals surface area contributed by atoms with E-state index in [4.69, 9.17) is 11.6 Å². The first-order valence-corrected chi connectivity index (χ1v) is 8.63. The molecule has 2 rings (SSSR count). The van der Waals surface area contributed by atoms with Crippen molar-refractivity contribution < 1.29 is 13.2 Å². The zero-order valence-electron chi connectivity index (χ0n) is 12.1. The van der Waals surface area contributed by atoms with Crippen molar-refractivity contribution in [2.24, 2.45) is 4.99 Å². The number of halogens is 1. The van der Waals surface area contributed by atoms with Crippen molar-refractivity contribution in [1.82, 2.24) is 0 Å². The van der Waals surface area contributed by atoms with Crippen LogP contribution in [0.25, 0.3) is 11.1 Å². The molecule has 2 aromatic rings. The van der Waals surface area contributed by atoms with Crippen LogP contribution in [0, 0.1) is 6.92 Å². The van der Waals surface area contributed by atoms with E-state index in [1.54, 1.807) is 43.3 Å². The van der Waals surface area contributed by atoms with Crippen molar-refractivity contribution in [1.29, 1.82) is 0 Å². The lowest BCUT2D eigenvalue weighted by Gasteiger charge is -2.14. The second-order valence-corrected chi connectivity index (χ2v) is 7.25. The van der Waals surface area contributed by atoms with Crippen LogP contribution in [0.5, 0.6) is 0 Å².